The summed E-state index contributed by atoms with van der Waals surface area (Å²) < 4.78 is 2.44. The number of nitrogens with zero attached hydrogens (tertiary/aromatic N) is 1. The average Bonchev–Trinajstić information content (AvgIpc) is 3.20. The van der Waals surface area contributed by atoms with E-state index in [4.69, 9.17) is 0 Å². The molecule has 0 spiro atoms. The quantitative estimate of drug-likeness (QED) is 0.285. The first kappa shape index (κ1) is 17.7. The zero-order valence-electron chi connectivity index (χ0n) is 17.1. The molecule has 1 aromatic heterocycles. The maximum Gasteiger partial charge on any atom is 0.0619 e. The molecule has 146 valence electrons. The second kappa shape index (κ2) is 7.30. The van der Waals surface area contributed by atoms with Gasteiger partial charge in [0.05, 0.1) is 16.7 Å². The number of fused-ring (bicyclic) bond motifs is 3. The molecule has 0 atom stereocenters. The van der Waals surface area contributed by atoms with Crippen LogP contribution in [-0.2, 0) is 0 Å². The Morgan fingerprint density at radius 2 is 0.935 bits per heavy atom. The fourth-order valence-corrected chi connectivity index (χ4v) is 4.65. The standard InChI is InChI=1S/C30H21N/c1-3-12-22(13-4-1)24-16-7-9-20-28(24)31-29-21-10-8-17-26(29)27-19-11-18-25(30(27)31)23-14-5-2-6-15-23/h1-21H. The van der Waals surface area contributed by atoms with Gasteiger partial charge in [-0.05, 0) is 23.3 Å². The first-order valence-corrected chi connectivity index (χ1v) is 10.6. The molecule has 0 aliphatic carbocycles. The van der Waals surface area contributed by atoms with Crippen molar-refractivity contribution in [1.29, 1.82) is 0 Å². The summed E-state index contributed by atoms with van der Waals surface area (Å²) >= 11 is 0. The fourth-order valence-electron chi connectivity index (χ4n) is 4.65. The van der Waals surface area contributed by atoms with E-state index in [0.29, 0.717) is 0 Å². The first-order valence-electron chi connectivity index (χ1n) is 10.6. The molecule has 0 bridgehead atoms. The summed E-state index contributed by atoms with van der Waals surface area (Å²) in [5.74, 6) is 0. The lowest BCUT2D eigenvalue weighted by Gasteiger charge is -2.16. The smallest absolute Gasteiger partial charge is 0.0619 e. The van der Waals surface area contributed by atoms with Crippen molar-refractivity contribution < 1.29 is 0 Å². The van der Waals surface area contributed by atoms with Gasteiger partial charge in [-0.25, -0.2) is 0 Å². The number of benzene rings is 5. The molecule has 0 saturated carbocycles. The van der Waals surface area contributed by atoms with E-state index < -0.39 is 0 Å². The van der Waals surface area contributed by atoms with Gasteiger partial charge in [0.2, 0.25) is 0 Å². The monoisotopic (exact) mass is 395 g/mol. The van der Waals surface area contributed by atoms with Crippen LogP contribution >= 0.6 is 0 Å². The highest BCUT2D eigenvalue weighted by atomic mass is 15.0. The Labute approximate surface area is 181 Å². The van der Waals surface area contributed by atoms with Gasteiger partial charge < -0.3 is 4.57 Å². The normalized spacial score (nSPS) is 11.2. The molecule has 6 rings (SSSR count). The predicted octanol–water partition coefficient (Wildman–Crippen LogP) is 8.12. The van der Waals surface area contributed by atoms with Crippen molar-refractivity contribution in [1.82, 2.24) is 4.57 Å². The number of aromatic nitrogens is 1. The minimum absolute atomic E-state index is 1.20. The predicted molar refractivity (Wildman–Crippen MR) is 132 cm³/mol. The molecule has 0 N–H and O–H groups in total. The molecule has 0 unspecified atom stereocenters. The SMILES string of the molecule is c1ccc(-c2ccccc2-n2c3ccccc3c3cccc(-c4ccccc4)c32)cc1. The number of hydrogen-bond acceptors (Lipinski definition) is 0. The molecule has 1 nitrogen and oxygen atoms in total. The van der Waals surface area contributed by atoms with Crippen molar-refractivity contribution in [3.05, 3.63) is 127 Å². The molecule has 5 aromatic carbocycles. The van der Waals surface area contributed by atoms with E-state index in [1.54, 1.807) is 0 Å². The second-order valence-corrected chi connectivity index (χ2v) is 7.80. The number of hydrogen-bond donors (Lipinski definition) is 0. The van der Waals surface area contributed by atoms with Crippen LogP contribution in [0.3, 0.4) is 0 Å². The molecule has 31 heavy (non-hydrogen) atoms. The molecule has 0 amide bonds. The first-order chi connectivity index (χ1) is 15.4. The Morgan fingerprint density at radius 1 is 0.387 bits per heavy atom. The van der Waals surface area contributed by atoms with E-state index in [1.165, 1.54) is 49.7 Å². The fraction of sp³-hybridized carbons (Fsp3) is 0. The zero-order valence-corrected chi connectivity index (χ0v) is 17.1. The summed E-state index contributed by atoms with van der Waals surface area (Å²) in [5, 5.41) is 2.55. The largest absolute Gasteiger partial charge is 0.308 e. The highest BCUT2D eigenvalue weighted by Crippen LogP contribution is 2.40. The van der Waals surface area contributed by atoms with Gasteiger partial charge in [-0.1, -0.05) is 115 Å². The van der Waals surface area contributed by atoms with Gasteiger partial charge in [-0.3, -0.25) is 0 Å². The van der Waals surface area contributed by atoms with Gasteiger partial charge in [0, 0.05) is 21.9 Å². The zero-order chi connectivity index (χ0) is 20.6. The van der Waals surface area contributed by atoms with Gasteiger partial charge in [-0.2, -0.15) is 0 Å². The Balaban J connectivity index is 1.78. The highest BCUT2D eigenvalue weighted by molar-refractivity contribution is 6.14. The molecule has 0 saturated heterocycles. The topological polar surface area (TPSA) is 4.93 Å². The number of rotatable bonds is 3. The maximum atomic E-state index is 2.44. The van der Waals surface area contributed by atoms with Crippen LogP contribution in [0, 0.1) is 0 Å². The van der Waals surface area contributed by atoms with Crippen molar-refractivity contribution in [2.75, 3.05) is 0 Å². The molecule has 0 aliphatic heterocycles. The molecule has 0 radical (unpaired) electrons. The van der Waals surface area contributed by atoms with Crippen LogP contribution in [0.1, 0.15) is 0 Å². The molecule has 6 aromatic rings. The lowest BCUT2D eigenvalue weighted by molar-refractivity contribution is 1.18. The van der Waals surface area contributed by atoms with E-state index in [9.17, 15) is 0 Å². The van der Waals surface area contributed by atoms with Crippen molar-refractivity contribution in [3.63, 3.8) is 0 Å². The summed E-state index contributed by atoms with van der Waals surface area (Å²) in [6.07, 6.45) is 0. The lowest BCUT2D eigenvalue weighted by Crippen LogP contribution is -1.98. The lowest BCUT2D eigenvalue weighted by atomic mass is 10.0. The van der Waals surface area contributed by atoms with Gasteiger partial charge in [0.25, 0.3) is 0 Å². The maximum absolute atomic E-state index is 2.44. The molecular formula is C30H21N. The Kier molecular flexibility index (Phi) is 4.18. The summed E-state index contributed by atoms with van der Waals surface area (Å²) in [5.41, 5.74) is 8.60. The second-order valence-electron chi connectivity index (χ2n) is 7.80. The van der Waals surface area contributed by atoms with E-state index in [-0.39, 0.29) is 0 Å². The summed E-state index contributed by atoms with van der Waals surface area (Å²) in [7, 11) is 0. The van der Waals surface area contributed by atoms with E-state index >= 15 is 0 Å². The van der Waals surface area contributed by atoms with Crippen LogP contribution in [0.4, 0.5) is 0 Å². The van der Waals surface area contributed by atoms with Gasteiger partial charge >= 0.3 is 0 Å². The van der Waals surface area contributed by atoms with E-state index in [1.807, 2.05) is 0 Å². The minimum Gasteiger partial charge on any atom is -0.308 e. The summed E-state index contributed by atoms with van der Waals surface area (Å²) in [6, 6.07) is 45.4. The van der Waals surface area contributed by atoms with Crippen LogP contribution in [0.2, 0.25) is 0 Å². The van der Waals surface area contributed by atoms with Gasteiger partial charge in [0.15, 0.2) is 0 Å². The van der Waals surface area contributed by atoms with Gasteiger partial charge in [0.1, 0.15) is 0 Å². The van der Waals surface area contributed by atoms with E-state index in [2.05, 4.69) is 132 Å². The molecule has 1 heterocycles. The highest BCUT2D eigenvalue weighted by Gasteiger charge is 2.18. The Hall–Kier alpha value is -4.10. The van der Waals surface area contributed by atoms with E-state index in [0.717, 1.165) is 0 Å². The van der Waals surface area contributed by atoms with Crippen LogP contribution in [0.15, 0.2) is 127 Å². The summed E-state index contributed by atoms with van der Waals surface area (Å²) in [6.45, 7) is 0. The average molecular weight is 396 g/mol. The van der Waals surface area contributed by atoms with Crippen molar-refractivity contribution >= 4 is 21.8 Å². The van der Waals surface area contributed by atoms with Crippen LogP contribution in [0.25, 0.3) is 49.7 Å². The van der Waals surface area contributed by atoms with Crippen molar-refractivity contribution in [2.45, 2.75) is 0 Å². The van der Waals surface area contributed by atoms with Crippen molar-refractivity contribution in [3.8, 4) is 27.9 Å². The third kappa shape index (κ3) is 2.86. The molecule has 0 aliphatic rings. The van der Waals surface area contributed by atoms with Crippen LogP contribution in [-0.4, -0.2) is 4.57 Å². The Bertz CT molecular complexity index is 1510. The molecule has 1 heteroatoms. The summed E-state index contributed by atoms with van der Waals surface area (Å²) in [4.78, 5) is 0. The Morgan fingerprint density at radius 3 is 1.71 bits per heavy atom. The van der Waals surface area contributed by atoms with Crippen LogP contribution in [0.5, 0.6) is 0 Å². The molecular weight excluding hydrogens is 374 g/mol. The third-order valence-corrected chi connectivity index (χ3v) is 6.01. The molecule has 0 fully saturated rings. The van der Waals surface area contributed by atoms with Crippen molar-refractivity contribution in [2.24, 2.45) is 0 Å². The number of para-hydroxylation sites is 3. The third-order valence-electron chi connectivity index (χ3n) is 6.01. The van der Waals surface area contributed by atoms with Gasteiger partial charge in [-0.15, -0.1) is 0 Å². The minimum atomic E-state index is 1.20. The van der Waals surface area contributed by atoms with Crippen LogP contribution < -0.4 is 0 Å².